The van der Waals surface area contributed by atoms with Crippen LogP contribution in [0.2, 0.25) is 0 Å². The Morgan fingerprint density at radius 1 is 1.63 bits per heavy atom. The summed E-state index contributed by atoms with van der Waals surface area (Å²) in [4.78, 5) is 12.0. The third kappa shape index (κ3) is 3.88. The van der Waals surface area contributed by atoms with Crippen LogP contribution in [0.15, 0.2) is 24.3 Å². The van der Waals surface area contributed by atoms with Gasteiger partial charge < -0.3 is 10.1 Å². The van der Waals surface area contributed by atoms with Gasteiger partial charge in [0, 0.05) is 11.6 Å². The molecule has 0 spiro atoms. The molecule has 1 aromatic carbocycles. The average Bonchev–Trinajstić information content (AvgIpc) is 2.93. The van der Waals surface area contributed by atoms with Crippen molar-refractivity contribution in [2.75, 3.05) is 18.2 Å². The number of hydrogen-bond donors (Lipinski definition) is 2. The van der Waals surface area contributed by atoms with Crippen LogP contribution < -0.4 is 15.4 Å². The topological polar surface area (TPSA) is 50.4 Å². The van der Waals surface area contributed by atoms with Gasteiger partial charge in [0.15, 0.2) is 0 Å². The second-order valence-corrected chi connectivity index (χ2v) is 5.54. The van der Waals surface area contributed by atoms with E-state index >= 15 is 0 Å². The van der Waals surface area contributed by atoms with Gasteiger partial charge in [-0.05, 0) is 31.5 Å². The van der Waals surface area contributed by atoms with Gasteiger partial charge in [0.25, 0.3) is 0 Å². The monoisotopic (exact) mass is 280 g/mol. The second-order valence-electron chi connectivity index (χ2n) is 4.51. The maximum Gasteiger partial charge on any atom is 0.238 e. The average molecular weight is 280 g/mol. The van der Waals surface area contributed by atoms with E-state index in [1.807, 2.05) is 38.1 Å². The van der Waals surface area contributed by atoms with Gasteiger partial charge in [0.1, 0.15) is 5.75 Å². The molecule has 2 N–H and O–H groups in total. The largest absolute Gasteiger partial charge is 0.494 e. The second kappa shape index (κ2) is 6.82. The van der Waals surface area contributed by atoms with Gasteiger partial charge in [-0.2, -0.15) is 0 Å². The normalized spacial score (nSPS) is 20.0. The highest BCUT2D eigenvalue weighted by Gasteiger charge is 2.23. The summed E-state index contributed by atoms with van der Waals surface area (Å²) >= 11 is 1.75. The molecule has 1 aromatic rings. The van der Waals surface area contributed by atoms with Crippen molar-refractivity contribution in [1.82, 2.24) is 10.6 Å². The van der Waals surface area contributed by atoms with Gasteiger partial charge in [-0.25, -0.2) is 0 Å². The molecule has 2 rings (SSSR count). The van der Waals surface area contributed by atoms with Crippen LogP contribution in [0, 0.1) is 0 Å². The predicted molar refractivity (Wildman–Crippen MR) is 78.4 cm³/mol. The molecule has 1 saturated heterocycles. The van der Waals surface area contributed by atoms with E-state index in [1.165, 1.54) is 0 Å². The first kappa shape index (κ1) is 14.2. The Labute approximate surface area is 118 Å². The summed E-state index contributed by atoms with van der Waals surface area (Å²) < 4.78 is 5.47. The minimum absolute atomic E-state index is 0.0136. The number of carbonyl (C=O) groups is 1. The highest BCUT2D eigenvalue weighted by molar-refractivity contribution is 7.99. The number of amides is 1. The minimum atomic E-state index is -0.0671. The van der Waals surface area contributed by atoms with Crippen molar-refractivity contribution in [1.29, 1.82) is 0 Å². The summed E-state index contributed by atoms with van der Waals surface area (Å²) in [5.41, 5.74) is 1.06. The van der Waals surface area contributed by atoms with E-state index in [0.29, 0.717) is 6.61 Å². The van der Waals surface area contributed by atoms with E-state index in [1.54, 1.807) is 11.8 Å². The van der Waals surface area contributed by atoms with Crippen LogP contribution in [0.1, 0.15) is 25.5 Å². The minimum Gasteiger partial charge on any atom is -0.494 e. The lowest BCUT2D eigenvalue weighted by molar-refractivity contribution is -0.123. The molecule has 1 aliphatic heterocycles. The number of thioether (sulfide) groups is 1. The van der Waals surface area contributed by atoms with Crippen molar-refractivity contribution >= 4 is 17.7 Å². The molecule has 4 nitrogen and oxygen atoms in total. The first-order valence-electron chi connectivity index (χ1n) is 6.55. The molecular formula is C14H20N2O2S. The molecule has 1 amide bonds. The van der Waals surface area contributed by atoms with Crippen LogP contribution in [0.25, 0.3) is 0 Å². The number of hydrogen-bond acceptors (Lipinski definition) is 4. The molecule has 2 unspecified atom stereocenters. The van der Waals surface area contributed by atoms with E-state index in [4.69, 9.17) is 4.74 Å². The van der Waals surface area contributed by atoms with Crippen LogP contribution in [0.5, 0.6) is 5.75 Å². The Morgan fingerprint density at radius 3 is 3.16 bits per heavy atom. The van der Waals surface area contributed by atoms with Gasteiger partial charge in [-0.3, -0.25) is 10.1 Å². The zero-order valence-electron chi connectivity index (χ0n) is 11.3. The molecule has 0 radical (unpaired) electrons. The molecule has 104 valence electrons. The fraction of sp³-hybridized carbons (Fsp3) is 0.500. The van der Waals surface area contributed by atoms with Crippen molar-refractivity contribution in [3.8, 4) is 5.75 Å². The Kier molecular flexibility index (Phi) is 5.10. The highest BCUT2D eigenvalue weighted by Crippen LogP contribution is 2.19. The lowest BCUT2D eigenvalue weighted by Crippen LogP contribution is -2.42. The summed E-state index contributed by atoms with van der Waals surface area (Å²) in [7, 11) is 0. The fourth-order valence-corrected chi connectivity index (χ4v) is 2.94. The summed E-state index contributed by atoms with van der Waals surface area (Å²) in [5.74, 6) is 2.61. The number of ether oxygens (including phenoxy) is 1. The molecule has 0 aromatic heterocycles. The summed E-state index contributed by atoms with van der Waals surface area (Å²) in [5, 5.41) is 6.21. The van der Waals surface area contributed by atoms with Gasteiger partial charge >= 0.3 is 0 Å². The Morgan fingerprint density at radius 2 is 2.47 bits per heavy atom. The van der Waals surface area contributed by atoms with Crippen molar-refractivity contribution in [3.05, 3.63) is 29.8 Å². The van der Waals surface area contributed by atoms with Crippen LogP contribution in [-0.2, 0) is 4.79 Å². The molecule has 0 aliphatic carbocycles. The van der Waals surface area contributed by atoms with Gasteiger partial charge in [0.05, 0.1) is 18.7 Å². The number of benzene rings is 1. The van der Waals surface area contributed by atoms with Crippen molar-refractivity contribution < 1.29 is 9.53 Å². The zero-order valence-corrected chi connectivity index (χ0v) is 12.1. The molecule has 0 saturated carbocycles. The van der Waals surface area contributed by atoms with E-state index < -0.39 is 0 Å². The van der Waals surface area contributed by atoms with E-state index in [-0.39, 0.29) is 18.0 Å². The van der Waals surface area contributed by atoms with Crippen LogP contribution >= 0.6 is 11.8 Å². The van der Waals surface area contributed by atoms with Crippen molar-refractivity contribution in [2.45, 2.75) is 25.9 Å². The Balaban J connectivity index is 1.96. The quantitative estimate of drug-likeness (QED) is 0.865. The lowest BCUT2D eigenvalue weighted by Gasteiger charge is -2.18. The smallest absolute Gasteiger partial charge is 0.238 e. The number of nitrogens with one attached hydrogen (secondary N) is 2. The lowest BCUT2D eigenvalue weighted by atomic mass is 10.1. The number of rotatable bonds is 5. The standard InChI is InChI=1S/C14H20N2O2S/c1-3-18-12-6-4-5-11(7-12)10(2)16-14(17)13-8-19-9-15-13/h4-7,10,13,15H,3,8-9H2,1-2H3,(H,16,17). The molecule has 0 bridgehead atoms. The third-order valence-corrected chi connectivity index (χ3v) is 4.00. The van der Waals surface area contributed by atoms with Crippen LogP contribution in [0.3, 0.4) is 0 Å². The van der Waals surface area contributed by atoms with Gasteiger partial charge in [-0.15, -0.1) is 11.8 Å². The zero-order chi connectivity index (χ0) is 13.7. The van der Waals surface area contributed by atoms with Gasteiger partial charge in [0.2, 0.25) is 5.91 Å². The first-order valence-corrected chi connectivity index (χ1v) is 7.70. The molecule has 1 fully saturated rings. The Bertz CT molecular complexity index is 433. The third-order valence-electron chi connectivity index (χ3n) is 3.06. The van der Waals surface area contributed by atoms with Gasteiger partial charge in [-0.1, -0.05) is 12.1 Å². The summed E-state index contributed by atoms with van der Waals surface area (Å²) in [6.07, 6.45) is 0. The van der Waals surface area contributed by atoms with E-state index in [2.05, 4.69) is 10.6 Å². The number of carbonyl (C=O) groups excluding carboxylic acids is 1. The molecule has 19 heavy (non-hydrogen) atoms. The molecule has 1 heterocycles. The molecule has 2 atom stereocenters. The Hall–Kier alpha value is -1.20. The molecule has 5 heteroatoms. The maximum absolute atomic E-state index is 12.0. The summed E-state index contributed by atoms with van der Waals surface area (Å²) in [6, 6.07) is 7.78. The summed E-state index contributed by atoms with van der Waals surface area (Å²) in [6.45, 7) is 4.60. The molecule has 1 aliphatic rings. The van der Waals surface area contributed by atoms with E-state index in [0.717, 1.165) is 22.9 Å². The van der Waals surface area contributed by atoms with Crippen molar-refractivity contribution in [2.24, 2.45) is 0 Å². The van der Waals surface area contributed by atoms with Crippen LogP contribution in [-0.4, -0.2) is 30.2 Å². The first-order chi connectivity index (χ1) is 9.20. The fourth-order valence-electron chi connectivity index (χ4n) is 2.00. The highest BCUT2D eigenvalue weighted by atomic mass is 32.2. The predicted octanol–water partition coefficient (Wildman–Crippen LogP) is 1.92. The van der Waals surface area contributed by atoms with Crippen molar-refractivity contribution in [3.63, 3.8) is 0 Å². The maximum atomic E-state index is 12.0. The molecular weight excluding hydrogens is 260 g/mol. The van der Waals surface area contributed by atoms with E-state index in [9.17, 15) is 4.79 Å². The SMILES string of the molecule is CCOc1cccc(C(C)NC(=O)C2CSCN2)c1. The van der Waals surface area contributed by atoms with Crippen LogP contribution in [0.4, 0.5) is 0 Å².